The first-order chi connectivity index (χ1) is 8.65. The number of aromatic nitrogens is 2. The molecule has 2 heterocycles. The van der Waals surface area contributed by atoms with Crippen LogP contribution in [0.25, 0.3) is 0 Å². The van der Waals surface area contributed by atoms with Crippen LogP contribution < -0.4 is 15.5 Å². The van der Waals surface area contributed by atoms with Gasteiger partial charge in [0.2, 0.25) is 0 Å². The number of β-amino-alcohol motifs (C(OH)–C–C–N with tert-alkyl or cyclic N) is 1. The minimum absolute atomic E-state index is 0. The molecule has 1 aliphatic rings. The molecule has 1 fully saturated rings. The van der Waals surface area contributed by atoms with Crippen molar-refractivity contribution in [3.05, 3.63) is 12.4 Å². The second-order valence-corrected chi connectivity index (χ2v) is 4.68. The summed E-state index contributed by atoms with van der Waals surface area (Å²) in [7, 11) is 1.99. The fourth-order valence-electron chi connectivity index (χ4n) is 2.26. The third kappa shape index (κ3) is 4.09. The van der Waals surface area contributed by atoms with Crippen molar-refractivity contribution in [2.75, 3.05) is 36.5 Å². The Morgan fingerprint density at radius 2 is 2.15 bits per heavy atom. The standard InChI is InChI=1S/C12H21N5O.2ClH/c1-3-16(2)11-5-12(15-8-14-11)17-7-10(18)4-9(17)6-13;;/h5,8-10,18H,3-4,6-7,13H2,1-2H3;2*1H/t9-,10-;;/m1../s1. The van der Waals surface area contributed by atoms with E-state index in [-0.39, 0.29) is 37.0 Å². The van der Waals surface area contributed by atoms with Crippen LogP contribution in [0, 0.1) is 0 Å². The maximum absolute atomic E-state index is 9.74. The largest absolute Gasteiger partial charge is 0.391 e. The topological polar surface area (TPSA) is 78.5 Å². The molecule has 0 bridgehead atoms. The molecule has 1 aliphatic heterocycles. The van der Waals surface area contributed by atoms with E-state index < -0.39 is 0 Å². The Morgan fingerprint density at radius 1 is 1.45 bits per heavy atom. The van der Waals surface area contributed by atoms with E-state index >= 15 is 0 Å². The van der Waals surface area contributed by atoms with E-state index in [2.05, 4.69) is 26.7 Å². The Morgan fingerprint density at radius 3 is 2.75 bits per heavy atom. The molecule has 2 rings (SSSR count). The number of hydrogen-bond donors (Lipinski definition) is 2. The Bertz CT molecular complexity index is 409. The molecule has 116 valence electrons. The van der Waals surface area contributed by atoms with Gasteiger partial charge in [0.15, 0.2) is 0 Å². The van der Waals surface area contributed by atoms with Crippen LogP contribution in [0.3, 0.4) is 0 Å². The molecule has 20 heavy (non-hydrogen) atoms. The van der Waals surface area contributed by atoms with Crippen LogP contribution in [0.15, 0.2) is 12.4 Å². The molecule has 3 N–H and O–H groups in total. The van der Waals surface area contributed by atoms with Crippen LogP contribution in [-0.2, 0) is 0 Å². The van der Waals surface area contributed by atoms with Gasteiger partial charge in [0.25, 0.3) is 0 Å². The smallest absolute Gasteiger partial charge is 0.134 e. The molecule has 0 saturated carbocycles. The molecular formula is C12H23Cl2N5O. The van der Waals surface area contributed by atoms with Crippen molar-refractivity contribution in [1.29, 1.82) is 0 Å². The zero-order valence-electron chi connectivity index (χ0n) is 11.8. The monoisotopic (exact) mass is 323 g/mol. The van der Waals surface area contributed by atoms with Gasteiger partial charge in [-0.1, -0.05) is 0 Å². The summed E-state index contributed by atoms with van der Waals surface area (Å²) in [5, 5.41) is 9.74. The molecule has 0 amide bonds. The van der Waals surface area contributed by atoms with Gasteiger partial charge in [-0.25, -0.2) is 9.97 Å². The number of hydrogen-bond acceptors (Lipinski definition) is 6. The van der Waals surface area contributed by atoms with E-state index in [1.165, 1.54) is 0 Å². The molecule has 6 nitrogen and oxygen atoms in total. The third-order valence-electron chi connectivity index (χ3n) is 3.46. The van der Waals surface area contributed by atoms with Crippen LogP contribution in [0.1, 0.15) is 13.3 Å². The molecular weight excluding hydrogens is 301 g/mol. The van der Waals surface area contributed by atoms with Gasteiger partial charge in [-0.05, 0) is 13.3 Å². The van der Waals surface area contributed by atoms with Gasteiger partial charge in [-0.3, -0.25) is 0 Å². The second kappa shape index (κ2) is 8.46. The Labute approximate surface area is 132 Å². The maximum atomic E-state index is 9.74. The van der Waals surface area contributed by atoms with E-state index in [1.54, 1.807) is 6.33 Å². The van der Waals surface area contributed by atoms with Gasteiger partial charge in [0.1, 0.15) is 18.0 Å². The van der Waals surface area contributed by atoms with Crippen LogP contribution in [-0.4, -0.2) is 53.9 Å². The number of nitrogens with zero attached hydrogens (tertiary/aromatic N) is 4. The van der Waals surface area contributed by atoms with E-state index in [0.29, 0.717) is 19.5 Å². The van der Waals surface area contributed by atoms with E-state index in [1.807, 2.05) is 13.1 Å². The number of anilines is 2. The second-order valence-electron chi connectivity index (χ2n) is 4.68. The molecule has 0 unspecified atom stereocenters. The van der Waals surface area contributed by atoms with Crippen LogP contribution in [0.5, 0.6) is 0 Å². The molecule has 8 heteroatoms. The molecule has 0 aromatic carbocycles. The van der Waals surface area contributed by atoms with Crippen molar-refractivity contribution in [1.82, 2.24) is 9.97 Å². The van der Waals surface area contributed by atoms with Gasteiger partial charge in [0, 0.05) is 38.8 Å². The Kier molecular flexibility index (Phi) is 8.12. The van der Waals surface area contributed by atoms with Crippen molar-refractivity contribution < 1.29 is 5.11 Å². The van der Waals surface area contributed by atoms with Gasteiger partial charge in [-0.2, -0.15) is 0 Å². The number of rotatable bonds is 4. The average molecular weight is 324 g/mol. The maximum Gasteiger partial charge on any atom is 0.134 e. The lowest BCUT2D eigenvalue weighted by molar-refractivity contribution is 0.194. The highest BCUT2D eigenvalue weighted by atomic mass is 35.5. The van der Waals surface area contributed by atoms with Crippen molar-refractivity contribution in [3.8, 4) is 0 Å². The molecule has 0 spiro atoms. The average Bonchev–Trinajstić information content (AvgIpc) is 2.79. The lowest BCUT2D eigenvalue weighted by atomic mass is 10.2. The lowest BCUT2D eigenvalue weighted by Gasteiger charge is -2.25. The third-order valence-corrected chi connectivity index (χ3v) is 3.46. The molecule has 0 aliphatic carbocycles. The molecule has 1 aromatic heterocycles. The van der Waals surface area contributed by atoms with Crippen LogP contribution in [0.4, 0.5) is 11.6 Å². The molecule has 1 saturated heterocycles. The fourth-order valence-corrected chi connectivity index (χ4v) is 2.26. The first-order valence-electron chi connectivity index (χ1n) is 6.33. The lowest BCUT2D eigenvalue weighted by Crippen LogP contribution is -2.36. The zero-order valence-corrected chi connectivity index (χ0v) is 13.4. The Hall–Kier alpha value is -0.820. The summed E-state index contributed by atoms with van der Waals surface area (Å²) in [6.07, 6.45) is 1.95. The summed E-state index contributed by atoms with van der Waals surface area (Å²) >= 11 is 0. The molecule has 2 atom stereocenters. The summed E-state index contributed by atoms with van der Waals surface area (Å²) in [4.78, 5) is 12.7. The zero-order chi connectivity index (χ0) is 13.1. The summed E-state index contributed by atoms with van der Waals surface area (Å²) < 4.78 is 0. The Balaban J connectivity index is 0.00000180. The van der Waals surface area contributed by atoms with E-state index in [0.717, 1.165) is 18.2 Å². The molecule has 0 radical (unpaired) electrons. The quantitative estimate of drug-likeness (QED) is 0.848. The van der Waals surface area contributed by atoms with Crippen molar-refractivity contribution in [2.24, 2.45) is 5.73 Å². The minimum Gasteiger partial charge on any atom is -0.391 e. The molecule has 1 aromatic rings. The predicted molar refractivity (Wildman–Crippen MR) is 86.3 cm³/mol. The predicted octanol–water partition coefficient (Wildman–Crippen LogP) is 0.675. The van der Waals surface area contributed by atoms with Gasteiger partial charge < -0.3 is 20.6 Å². The van der Waals surface area contributed by atoms with Gasteiger partial charge in [0.05, 0.1) is 6.10 Å². The summed E-state index contributed by atoms with van der Waals surface area (Å²) in [5.74, 6) is 1.73. The highest BCUT2D eigenvalue weighted by Crippen LogP contribution is 2.25. The van der Waals surface area contributed by atoms with Crippen molar-refractivity contribution >= 4 is 36.4 Å². The minimum atomic E-state index is -0.319. The normalized spacial score (nSPS) is 21.1. The van der Waals surface area contributed by atoms with Crippen LogP contribution in [0.2, 0.25) is 0 Å². The highest BCUT2D eigenvalue weighted by Gasteiger charge is 2.31. The van der Waals surface area contributed by atoms with Gasteiger partial charge >= 0.3 is 0 Å². The first kappa shape index (κ1) is 19.2. The summed E-state index contributed by atoms with van der Waals surface area (Å²) in [5.41, 5.74) is 5.74. The number of aliphatic hydroxyl groups is 1. The SMILES string of the molecule is CCN(C)c1cc(N2C[C@H](O)C[C@@H]2CN)ncn1.Cl.Cl. The fraction of sp³-hybridized carbons (Fsp3) is 0.667. The number of halogens is 2. The summed E-state index contributed by atoms with van der Waals surface area (Å²) in [6, 6.07) is 2.11. The first-order valence-corrected chi connectivity index (χ1v) is 6.33. The van der Waals surface area contributed by atoms with Gasteiger partial charge in [-0.15, -0.1) is 24.8 Å². The van der Waals surface area contributed by atoms with E-state index in [9.17, 15) is 5.11 Å². The summed E-state index contributed by atoms with van der Waals surface area (Å²) in [6.45, 7) is 4.08. The van der Waals surface area contributed by atoms with Crippen molar-refractivity contribution in [3.63, 3.8) is 0 Å². The van der Waals surface area contributed by atoms with E-state index in [4.69, 9.17) is 5.73 Å². The van der Waals surface area contributed by atoms with Crippen molar-refractivity contribution in [2.45, 2.75) is 25.5 Å². The highest BCUT2D eigenvalue weighted by molar-refractivity contribution is 5.85. The van der Waals surface area contributed by atoms with Crippen LogP contribution >= 0.6 is 24.8 Å². The number of nitrogens with two attached hydrogens (primary N) is 1. The number of aliphatic hydroxyl groups excluding tert-OH is 1.